The second-order valence-electron chi connectivity index (χ2n) is 5.64. The first-order valence-electron chi connectivity index (χ1n) is 7.07. The minimum atomic E-state index is -0.988. The van der Waals surface area contributed by atoms with E-state index in [1.165, 1.54) is 6.26 Å². The Kier molecular flexibility index (Phi) is 4.47. The molecule has 5 heteroatoms. The molecule has 0 radical (unpaired) electrons. The molecule has 20 heavy (non-hydrogen) atoms. The van der Waals surface area contributed by atoms with Crippen LogP contribution in [0.3, 0.4) is 0 Å². The summed E-state index contributed by atoms with van der Waals surface area (Å²) in [5, 5.41) is 8.89. The number of amides is 1. The average Bonchev–Trinajstić information content (AvgIpc) is 2.60. The number of aryl methyl sites for hydroxylation is 1. The van der Waals surface area contributed by atoms with Crippen molar-refractivity contribution in [2.75, 3.05) is 13.1 Å². The summed E-state index contributed by atoms with van der Waals surface area (Å²) in [6, 6.07) is 0. The lowest BCUT2D eigenvalue weighted by atomic mass is 10.1. The molecule has 0 aliphatic carbocycles. The van der Waals surface area contributed by atoms with E-state index in [9.17, 15) is 9.59 Å². The van der Waals surface area contributed by atoms with E-state index >= 15 is 0 Å². The number of aliphatic carboxylic acids is 1. The fourth-order valence-corrected chi connectivity index (χ4v) is 2.75. The molecular formula is C15H21NO4. The van der Waals surface area contributed by atoms with Crippen LogP contribution in [-0.2, 0) is 11.2 Å². The Labute approximate surface area is 118 Å². The van der Waals surface area contributed by atoms with Gasteiger partial charge in [-0.05, 0) is 25.7 Å². The summed E-state index contributed by atoms with van der Waals surface area (Å²) in [5.74, 6) is -0.340. The molecule has 2 rings (SSSR count). The lowest BCUT2D eigenvalue weighted by Gasteiger charge is -2.23. The van der Waals surface area contributed by atoms with Crippen LogP contribution in [0, 0.1) is 12.8 Å². The molecule has 1 aliphatic rings. The van der Waals surface area contributed by atoms with Gasteiger partial charge in [0.25, 0.3) is 5.91 Å². The SMILES string of the molecule is Cc1coc(CC(=O)O)c1C(=O)N1CCCCC(C)C1. The van der Waals surface area contributed by atoms with Crippen molar-refractivity contribution in [3.63, 3.8) is 0 Å². The van der Waals surface area contributed by atoms with E-state index in [-0.39, 0.29) is 18.1 Å². The Morgan fingerprint density at radius 2 is 2.20 bits per heavy atom. The first kappa shape index (κ1) is 14.6. The molecule has 1 fully saturated rings. The number of carboxylic acids is 1. The van der Waals surface area contributed by atoms with Crippen LogP contribution in [-0.4, -0.2) is 35.0 Å². The summed E-state index contributed by atoms with van der Waals surface area (Å²) in [6.45, 7) is 5.39. The molecule has 2 heterocycles. The number of hydrogen-bond donors (Lipinski definition) is 1. The maximum Gasteiger partial charge on any atom is 0.311 e. The molecule has 1 saturated heterocycles. The highest BCUT2D eigenvalue weighted by atomic mass is 16.4. The minimum Gasteiger partial charge on any atom is -0.481 e. The quantitative estimate of drug-likeness (QED) is 0.922. The summed E-state index contributed by atoms with van der Waals surface area (Å²) < 4.78 is 5.25. The van der Waals surface area contributed by atoms with Gasteiger partial charge in [-0.15, -0.1) is 0 Å². The van der Waals surface area contributed by atoms with E-state index in [1.54, 1.807) is 6.92 Å². The van der Waals surface area contributed by atoms with E-state index in [2.05, 4.69) is 6.92 Å². The average molecular weight is 279 g/mol. The minimum absolute atomic E-state index is 0.0961. The number of carbonyl (C=O) groups excluding carboxylic acids is 1. The maximum atomic E-state index is 12.7. The standard InChI is InChI=1S/C15H21NO4/c1-10-5-3-4-6-16(8-10)15(19)14-11(2)9-20-12(14)7-13(17)18/h9-10H,3-8H2,1-2H3,(H,17,18). The monoisotopic (exact) mass is 279 g/mol. The number of hydrogen-bond acceptors (Lipinski definition) is 3. The predicted octanol–water partition coefficient (Wildman–Crippen LogP) is 2.48. The normalized spacial score (nSPS) is 19.7. The third-order valence-corrected chi connectivity index (χ3v) is 3.77. The van der Waals surface area contributed by atoms with E-state index < -0.39 is 5.97 Å². The van der Waals surface area contributed by atoms with Crippen LogP contribution in [0.1, 0.15) is 47.9 Å². The highest BCUT2D eigenvalue weighted by molar-refractivity contribution is 5.97. The Balaban J connectivity index is 2.23. The molecule has 1 atom stereocenters. The van der Waals surface area contributed by atoms with Crippen molar-refractivity contribution in [2.24, 2.45) is 5.92 Å². The Hall–Kier alpha value is -1.78. The van der Waals surface area contributed by atoms with Crippen molar-refractivity contribution in [1.29, 1.82) is 0 Å². The van der Waals surface area contributed by atoms with Gasteiger partial charge in [-0.3, -0.25) is 9.59 Å². The second kappa shape index (κ2) is 6.11. The fourth-order valence-electron chi connectivity index (χ4n) is 2.75. The van der Waals surface area contributed by atoms with Crippen molar-refractivity contribution in [1.82, 2.24) is 4.90 Å². The number of likely N-dealkylation sites (tertiary alicyclic amines) is 1. The van der Waals surface area contributed by atoms with Crippen molar-refractivity contribution in [2.45, 2.75) is 39.5 Å². The van der Waals surface area contributed by atoms with Gasteiger partial charge in [0, 0.05) is 18.7 Å². The summed E-state index contributed by atoms with van der Waals surface area (Å²) in [5.41, 5.74) is 1.14. The third kappa shape index (κ3) is 3.21. The molecule has 0 saturated carbocycles. The van der Waals surface area contributed by atoms with Gasteiger partial charge in [-0.1, -0.05) is 13.3 Å². The maximum absolute atomic E-state index is 12.7. The van der Waals surface area contributed by atoms with Crippen LogP contribution in [0.15, 0.2) is 10.7 Å². The zero-order chi connectivity index (χ0) is 14.7. The van der Waals surface area contributed by atoms with Crippen molar-refractivity contribution in [3.05, 3.63) is 23.2 Å². The lowest BCUT2D eigenvalue weighted by Crippen LogP contribution is -2.34. The molecule has 5 nitrogen and oxygen atoms in total. The molecule has 1 N–H and O–H groups in total. The topological polar surface area (TPSA) is 70.7 Å². The zero-order valence-electron chi connectivity index (χ0n) is 12.0. The van der Waals surface area contributed by atoms with Crippen LogP contribution < -0.4 is 0 Å². The van der Waals surface area contributed by atoms with E-state index in [1.807, 2.05) is 4.90 Å². The van der Waals surface area contributed by atoms with Gasteiger partial charge in [-0.2, -0.15) is 0 Å². The predicted molar refractivity (Wildman–Crippen MR) is 73.7 cm³/mol. The van der Waals surface area contributed by atoms with Crippen molar-refractivity contribution < 1.29 is 19.1 Å². The molecular weight excluding hydrogens is 258 g/mol. The van der Waals surface area contributed by atoms with Gasteiger partial charge in [0.15, 0.2) is 0 Å². The number of furan rings is 1. The molecule has 110 valence electrons. The summed E-state index contributed by atoms with van der Waals surface area (Å²) in [6.07, 6.45) is 4.49. The van der Waals surface area contributed by atoms with Gasteiger partial charge in [0.2, 0.25) is 0 Å². The molecule has 0 bridgehead atoms. The van der Waals surface area contributed by atoms with Crippen LogP contribution in [0.25, 0.3) is 0 Å². The molecule has 1 aromatic heterocycles. The van der Waals surface area contributed by atoms with E-state index in [0.29, 0.717) is 17.0 Å². The molecule has 1 aromatic rings. The summed E-state index contributed by atoms with van der Waals surface area (Å²) >= 11 is 0. The molecule has 0 spiro atoms. The first-order chi connectivity index (χ1) is 9.49. The molecule has 0 aromatic carbocycles. The highest BCUT2D eigenvalue weighted by Gasteiger charge is 2.26. The van der Waals surface area contributed by atoms with Crippen molar-refractivity contribution in [3.8, 4) is 0 Å². The number of nitrogens with zero attached hydrogens (tertiary/aromatic N) is 1. The Bertz CT molecular complexity index is 506. The van der Waals surface area contributed by atoms with E-state index in [0.717, 1.165) is 32.4 Å². The largest absolute Gasteiger partial charge is 0.481 e. The summed E-state index contributed by atoms with van der Waals surface area (Å²) in [7, 11) is 0. The fraction of sp³-hybridized carbons (Fsp3) is 0.600. The van der Waals surface area contributed by atoms with Gasteiger partial charge in [0.1, 0.15) is 12.2 Å². The Morgan fingerprint density at radius 3 is 2.90 bits per heavy atom. The molecule has 1 aliphatic heterocycles. The van der Waals surface area contributed by atoms with Gasteiger partial charge in [0.05, 0.1) is 11.8 Å². The lowest BCUT2D eigenvalue weighted by molar-refractivity contribution is -0.136. The van der Waals surface area contributed by atoms with E-state index in [4.69, 9.17) is 9.52 Å². The van der Waals surface area contributed by atoms with Crippen molar-refractivity contribution >= 4 is 11.9 Å². The Morgan fingerprint density at radius 1 is 1.45 bits per heavy atom. The first-order valence-corrected chi connectivity index (χ1v) is 7.07. The highest BCUT2D eigenvalue weighted by Crippen LogP contribution is 2.23. The van der Waals surface area contributed by atoms with Crippen LogP contribution in [0.5, 0.6) is 0 Å². The van der Waals surface area contributed by atoms with Gasteiger partial charge in [-0.25, -0.2) is 0 Å². The van der Waals surface area contributed by atoms with Crippen LogP contribution in [0.4, 0.5) is 0 Å². The number of rotatable bonds is 3. The van der Waals surface area contributed by atoms with Crippen LogP contribution >= 0.6 is 0 Å². The zero-order valence-corrected chi connectivity index (χ0v) is 12.0. The molecule has 1 unspecified atom stereocenters. The van der Waals surface area contributed by atoms with Gasteiger partial charge < -0.3 is 14.4 Å². The second-order valence-corrected chi connectivity index (χ2v) is 5.64. The summed E-state index contributed by atoms with van der Waals surface area (Å²) in [4.78, 5) is 25.3. The smallest absolute Gasteiger partial charge is 0.311 e. The molecule has 1 amide bonds. The van der Waals surface area contributed by atoms with Gasteiger partial charge >= 0.3 is 5.97 Å². The number of carbonyl (C=O) groups is 2. The number of carboxylic acid groups (broad SMARTS) is 1. The third-order valence-electron chi connectivity index (χ3n) is 3.77. The van der Waals surface area contributed by atoms with Crippen LogP contribution in [0.2, 0.25) is 0 Å².